The predicted molar refractivity (Wildman–Crippen MR) is 89.7 cm³/mol. The van der Waals surface area contributed by atoms with Gasteiger partial charge < -0.3 is 16.0 Å². The maximum atomic E-state index is 12.6. The van der Waals surface area contributed by atoms with Gasteiger partial charge in [0.25, 0.3) is 0 Å². The van der Waals surface area contributed by atoms with E-state index in [-0.39, 0.29) is 11.9 Å². The van der Waals surface area contributed by atoms with Gasteiger partial charge in [-0.15, -0.1) is 0 Å². The molecule has 0 radical (unpaired) electrons. The molecule has 2 heterocycles. The lowest BCUT2D eigenvalue weighted by molar-refractivity contribution is -0.131. The second-order valence-electron chi connectivity index (χ2n) is 6.11. The van der Waals surface area contributed by atoms with Crippen LogP contribution in [0.3, 0.4) is 0 Å². The molecule has 1 aromatic rings. The summed E-state index contributed by atoms with van der Waals surface area (Å²) < 4.78 is 0. The van der Waals surface area contributed by atoms with E-state index in [0.29, 0.717) is 6.54 Å². The number of nitrogens with zero attached hydrogens (tertiary/aromatic N) is 2. The normalized spacial score (nSPS) is 16.6. The van der Waals surface area contributed by atoms with Crippen LogP contribution in [0, 0.1) is 5.41 Å². The Bertz CT molecular complexity index is 457. The summed E-state index contributed by atoms with van der Waals surface area (Å²) in [5.74, 6) is 1.14. The Morgan fingerprint density at radius 3 is 2.55 bits per heavy atom. The van der Waals surface area contributed by atoms with E-state index in [1.807, 2.05) is 38.2 Å². The van der Waals surface area contributed by atoms with E-state index in [2.05, 4.69) is 15.2 Å². The minimum absolute atomic E-state index is 0.122. The van der Waals surface area contributed by atoms with E-state index in [4.69, 9.17) is 5.73 Å². The van der Waals surface area contributed by atoms with Crippen molar-refractivity contribution in [1.82, 2.24) is 10.3 Å². The van der Waals surface area contributed by atoms with Crippen molar-refractivity contribution in [2.45, 2.75) is 45.6 Å². The summed E-state index contributed by atoms with van der Waals surface area (Å²) >= 11 is 0. The zero-order chi connectivity index (χ0) is 16.0. The smallest absolute Gasteiger partial charge is 0.227 e. The van der Waals surface area contributed by atoms with Gasteiger partial charge in [0, 0.05) is 31.9 Å². The van der Waals surface area contributed by atoms with Crippen molar-refractivity contribution in [2.24, 2.45) is 11.1 Å². The number of hydrogen-bond acceptors (Lipinski definition) is 4. The Balaban J connectivity index is 1.88. The van der Waals surface area contributed by atoms with Crippen LogP contribution in [-0.4, -0.2) is 36.6 Å². The molecular weight excluding hydrogens is 276 g/mol. The van der Waals surface area contributed by atoms with Gasteiger partial charge in [0.2, 0.25) is 5.91 Å². The standard InChI is InChI=1S/C17H28N4O/c1-3-17(4-2,13-18)16(22)20-14-8-11-21(12-9-14)15-7-5-6-10-19-15/h5-7,10,14H,3-4,8-9,11-13,18H2,1-2H3,(H,20,22). The quantitative estimate of drug-likeness (QED) is 0.842. The van der Waals surface area contributed by atoms with Crippen LogP contribution in [0.2, 0.25) is 0 Å². The minimum Gasteiger partial charge on any atom is -0.356 e. The largest absolute Gasteiger partial charge is 0.356 e. The Morgan fingerprint density at radius 2 is 2.05 bits per heavy atom. The van der Waals surface area contributed by atoms with Gasteiger partial charge in [-0.05, 0) is 37.8 Å². The third-order valence-corrected chi connectivity index (χ3v) is 5.03. The molecule has 1 saturated heterocycles. The molecular formula is C17H28N4O. The van der Waals surface area contributed by atoms with Crippen LogP contribution in [0.4, 0.5) is 5.82 Å². The fraction of sp³-hybridized carbons (Fsp3) is 0.647. The molecule has 0 aliphatic carbocycles. The van der Waals surface area contributed by atoms with Gasteiger partial charge in [-0.3, -0.25) is 4.79 Å². The molecule has 5 heteroatoms. The number of piperidine rings is 1. The van der Waals surface area contributed by atoms with Crippen molar-refractivity contribution in [2.75, 3.05) is 24.5 Å². The topological polar surface area (TPSA) is 71.2 Å². The van der Waals surface area contributed by atoms with Gasteiger partial charge >= 0.3 is 0 Å². The summed E-state index contributed by atoms with van der Waals surface area (Å²) in [5.41, 5.74) is 5.45. The predicted octanol–water partition coefficient (Wildman–Crippen LogP) is 1.93. The number of nitrogens with one attached hydrogen (secondary N) is 1. The van der Waals surface area contributed by atoms with Crippen LogP contribution in [0.15, 0.2) is 24.4 Å². The maximum absolute atomic E-state index is 12.6. The van der Waals surface area contributed by atoms with Gasteiger partial charge in [-0.1, -0.05) is 19.9 Å². The summed E-state index contributed by atoms with van der Waals surface area (Å²) in [6.45, 7) is 6.35. The summed E-state index contributed by atoms with van der Waals surface area (Å²) in [4.78, 5) is 19.2. The molecule has 0 aromatic carbocycles. The van der Waals surface area contributed by atoms with Crippen molar-refractivity contribution in [3.05, 3.63) is 24.4 Å². The monoisotopic (exact) mass is 304 g/mol. The zero-order valence-corrected chi connectivity index (χ0v) is 13.7. The number of nitrogens with two attached hydrogens (primary N) is 1. The number of rotatable bonds is 6. The first kappa shape index (κ1) is 16.7. The first-order chi connectivity index (χ1) is 10.6. The molecule has 22 heavy (non-hydrogen) atoms. The van der Waals surface area contributed by atoms with Crippen LogP contribution >= 0.6 is 0 Å². The second-order valence-corrected chi connectivity index (χ2v) is 6.11. The van der Waals surface area contributed by atoms with Crippen molar-refractivity contribution < 1.29 is 4.79 Å². The van der Waals surface area contributed by atoms with E-state index < -0.39 is 5.41 Å². The number of pyridine rings is 1. The van der Waals surface area contributed by atoms with Crippen LogP contribution < -0.4 is 16.0 Å². The average Bonchev–Trinajstić information content (AvgIpc) is 2.58. The van der Waals surface area contributed by atoms with Gasteiger partial charge in [-0.2, -0.15) is 0 Å². The van der Waals surface area contributed by atoms with E-state index in [0.717, 1.165) is 44.6 Å². The summed E-state index contributed by atoms with van der Waals surface area (Å²) in [5, 5.41) is 3.22. The highest BCUT2D eigenvalue weighted by molar-refractivity contribution is 5.83. The molecule has 1 aliphatic rings. The number of aromatic nitrogens is 1. The Morgan fingerprint density at radius 1 is 1.36 bits per heavy atom. The molecule has 0 spiro atoms. The average molecular weight is 304 g/mol. The first-order valence-electron chi connectivity index (χ1n) is 8.32. The number of carbonyl (C=O) groups is 1. The molecule has 1 aliphatic heterocycles. The molecule has 1 fully saturated rings. The second kappa shape index (κ2) is 7.58. The van der Waals surface area contributed by atoms with Crippen molar-refractivity contribution in [3.8, 4) is 0 Å². The first-order valence-corrected chi connectivity index (χ1v) is 8.32. The van der Waals surface area contributed by atoms with Gasteiger partial charge in [0.05, 0.1) is 5.41 Å². The minimum atomic E-state index is -0.405. The SMILES string of the molecule is CCC(CC)(CN)C(=O)NC1CCN(c2ccccn2)CC1. The van der Waals surface area contributed by atoms with E-state index in [1.165, 1.54) is 0 Å². The Labute approximate surface area is 133 Å². The zero-order valence-electron chi connectivity index (χ0n) is 13.7. The lowest BCUT2D eigenvalue weighted by Gasteiger charge is -2.36. The Kier molecular flexibility index (Phi) is 5.77. The molecule has 122 valence electrons. The summed E-state index contributed by atoms with van der Waals surface area (Å²) in [7, 11) is 0. The third-order valence-electron chi connectivity index (χ3n) is 5.03. The molecule has 0 saturated carbocycles. The molecule has 3 N–H and O–H groups in total. The number of anilines is 1. The van der Waals surface area contributed by atoms with Crippen LogP contribution in [0.1, 0.15) is 39.5 Å². The molecule has 5 nitrogen and oxygen atoms in total. The molecule has 0 atom stereocenters. The lowest BCUT2D eigenvalue weighted by atomic mass is 9.81. The maximum Gasteiger partial charge on any atom is 0.227 e. The summed E-state index contributed by atoms with van der Waals surface area (Å²) in [6, 6.07) is 6.22. The fourth-order valence-electron chi connectivity index (χ4n) is 3.08. The van der Waals surface area contributed by atoms with Crippen molar-refractivity contribution >= 4 is 11.7 Å². The highest BCUT2D eigenvalue weighted by Crippen LogP contribution is 2.26. The molecule has 0 bridgehead atoms. The molecule has 2 rings (SSSR count). The van der Waals surface area contributed by atoms with Gasteiger partial charge in [0.15, 0.2) is 0 Å². The highest BCUT2D eigenvalue weighted by Gasteiger charge is 2.35. The van der Waals surface area contributed by atoms with E-state index in [1.54, 1.807) is 0 Å². The van der Waals surface area contributed by atoms with Gasteiger partial charge in [-0.25, -0.2) is 4.98 Å². The number of hydrogen-bond donors (Lipinski definition) is 2. The van der Waals surface area contributed by atoms with Crippen LogP contribution in [0.5, 0.6) is 0 Å². The fourth-order valence-corrected chi connectivity index (χ4v) is 3.08. The number of carbonyl (C=O) groups excluding carboxylic acids is 1. The lowest BCUT2D eigenvalue weighted by Crippen LogP contribution is -2.51. The molecule has 1 aromatic heterocycles. The highest BCUT2D eigenvalue weighted by atomic mass is 16.2. The van der Waals surface area contributed by atoms with Crippen LogP contribution in [0.25, 0.3) is 0 Å². The molecule has 1 amide bonds. The number of amides is 1. The van der Waals surface area contributed by atoms with Crippen LogP contribution in [-0.2, 0) is 4.79 Å². The Hall–Kier alpha value is -1.62. The summed E-state index contributed by atoms with van der Waals surface area (Å²) in [6.07, 6.45) is 5.31. The third kappa shape index (κ3) is 3.58. The van der Waals surface area contributed by atoms with Crippen molar-refractivity contribution in [1.29, 1.82) is 0 Å². The van der Waals surface area contributed by atoms with Crippen molar-refractivity contribution in [3.63, 3.8) is 0 Å². The van der Waals surface area contributed by atoms with Gasteiger partial charge in [0.1, 0.15) is 5.82 Å². The van der Waals surface area contributed by atoms with E-state index >= 15 is 0 Å². The molecule has 0 unspecified atom stereocenters. The van der Waals surface area contributed by atoms with E-state index in [9.17, 15) is 4.79 Å².